The van der Waals surface area contributed by atoms with Crippen LogP contribution in [-0.2, 0) is 30.5 Å². The molecule has 3 aromatic carbocycles. The Morgan fingerprint density at radius 3 is 2.61 bits per heavy atom. The lowest BCUT2D eigenvalue weighted by Gasteiger charge is -2.29. The Labute approximate surface area is 227 Å². The monoisotopic (exact) mass is 514 g/mol. The molecular formula is C33H42N2O3. The van der Waals surface area contributed by atoms with Crippen LogP contribution in [0.15, 0.2) is 60.7 Å². The van der Waals surface area contributed by atoms with Crippen molar-refractivity contribution >= 4 is 5.91 Å². The van der Waals surface area contributed by atoms with E-state index in [4.69, 9.17) is 4.74 Å². The van der Waals surface area contributed by atoms with Crippen molar-refractivity contribution in [2.24, 2.45) is 5.92 Å². The zero-order valence-electron chi connectivity index (χ0n) is 23.3. The van der Waals surface area contributed by atoms with Gasteiger partial charge in [0.1, 0.15) is 11.5 Å². The number of hydrogen-bond acceptors (Lipinski definition) is 4. The van der Waals surface area contributed by atoms with Gasteiger partial charge < -0.3 is 20.1 Å². The molecule has 0 bridgehead atoms. The Hall–Kier alpha value is -3.31. The molecular weight excluding hydrogens is 472 g/mol. The predicted molar refractivity (Wildman–Crippen MR) is 154 cm³/mol. The summed E-state index contributed by atoms with van der Waals surface area (Å²) in [6, 6.07) is 20.8. The van der Waals surface area contributed by atoms with Crippen molar-refractivity contribution < 1.29 is 14.6 Å². The maximum absolute atomic E-state index is 13.1. The molecule has 0 spiro atoms. The molecule has 1 amide bonds. The van der Waals surface area contributed by atoms with Crippen LogP contribution >= 0.6 is 0 Å². The molecule has 0 saturated heterocycles. The summed E-state index contributed by atoms with van der Waals surface area (Å²) in [6.45, 7) is 8.82. The summed E-state index contributed by atoms with van der Waals surface area (Å²) >= 11 is 0. The average Bonchev–Trinajstić information content (AvgIpc) is 3.37. The molecule has 38 heavy (non-hydrogen) atoms. The highest BCUT2D eigenvalue weighted by Crippen LogP contribution is 2.26. The van der Waals surface area contributed by atoms with Gasteiger partial charge in [-0.25, -0.2) is 0 Å². The number of amides is 1. The lowest BCUT2D eigenvalue weighted by Crippen LogP contribution is -2.44. The molecule has 0 fully saturated rings. The van der Waals surface area contributed by atoms with Crippen molar-refractivity contribution in [1.82, 2.24) is 10.2 Å². The predicted octanol–water partition coefficient (Wildman–Crippen LogP) is 5.41. The molecule has 0 saturated carbocycles. The van der Waals surface area contributed by atoms with E-state index in [9.17, 15) is 9.90 Å². The number of fused-ring (bicyclic) bond motifs is 1. The number of carbonyl (C=O) groups is 1. The standard InChI is InChI=1S/C33H42N2O3/c1-23-18-24(2)31(36)21-28(23)11-13-33(37)34-30(20-26-8-6-5-7-9-26)25(3)22-35(4)16-14-27-10-12-32-29(19-27)15-17-38-32/h5-10,12,18-19,21,25,30,36H,11,13-17,20,22H2,1-4H3,(H,34,37)/t25?,30-/m0/s1. The molecule has 202 valence electrons. The summed E-state index contributed by atoms with van der Waals surface area (Å²) < 4.78 is 5.64. The van der Waals surface area contributed by atoms with E-state index < -0.39 is 0 Å². The third-order valence-electron chi connectivity index (χ3n) is 7.74. The van der Waals surface area contributed by atoms with Gasteiger partial charge in [-0.15, -0.1) is 0 Å². The molecule has 3 aromatic rings. The van der Waals surface area contributed by atoms with Crippen molar-refractivity contribution in [3.05, 3.63) is 94.0 Å². The number of ether oxygens (including phenoxy) is 1. The molecule has 5 nitrogen and oxygen atoms in total. The van der Waals surface area contributed by atoms with E-state index in [1.165, 1.54) is 16.7 Å². The molecule has 1 aliphatic rings. The van der Waals surface area contributed by atoms with Crippen LogP contribution < -0.4 is 10.1 Å². The van der Waals surface area contributed by atoms with Gasteiger partial charge in [0.15, 0.2) is 0 Å². The topological polar surface area (TPSA) is 61.8 Å². The number of phenolic OH excluding ortho intramolecular Hbond substituents is 1. The molecule has 1 aliphatic heterocycles. The van der Waals surface area contributed by atoms with E-state index >= 15 is 0 Å². The minimum Gasteiger partial charge on any atom is -0.508 e. The lowest BCUT2D eigenvalue weighted by molar-refractivity contribution is -0.122. The summed E-state index contributed by atoms with van der Waals surface area (Å²) in [5, 5.41) is 13.4. The summed E-state index contributed by atoms with van der Waals surface area (Å²) in [5.41, 5.74) is 6.89. The number of nitrogens with one attached hydrogen (secondary N) is 1. The molecule has 1 unspecified atom stereocenters. The number of carbonyl (C=O) groups excluding carboxylic acids is 1. The van der Waals surface area contributed by atoms with Crippen molar-refractivity contribution in [3.63, 3.8) is 0 Å². The number of likely N-dealkylation sites (N-methyl/N-ethyl adjacent to an activating group) is 1. The van der Waals surface area contributed by atoms with E-state index in [0.717, 1.165) is 61.4 Å². The fourth-order valence-electron chi connectivity index (χ4n) is 5.37. The molecule has 0 radical (unpaired) electrons. The van der Waals surface area contributed by atoms with Gasteiger partial charge in [-0.05, 0) is 91.6 Å². The highest BCUT2D eigenvalue weighted by atomic mass is 16.5. The van der Waals surface area contributed by atoms with Crippen molar-refractivity contribution in [1.29, 1.82) is 0 Å². The first-order valence-electron chi connectivity index (χ1n) is 13.8. The van der Waals surface area contributed by atoms with Gasteiger partial charge in [-0.2, -0.15) is 0 Å². The molecule has 2 N–H and O–H groups in total. The number of aryl methyl sites for hydroxylation is 3. The van der Waals surface area contributed by atoms with Crippen molar-refractivity contribution in [3.8, 4) is 11.5 Å². The molecule has 0 aromatic heterocycles. The number of aromatic hydroxyl groups is 1. The number of nitrogens with zero attached hydrogens (tertiary/aromatic N) is 1. The number of benzene rings is 3. The third kappa shape index (κ3) is 7.61. The Balaban J connectivity index is 1.34. The van der Waals surface area contributed by atoms with Crippen LogP contribution in [0.3, 0.4) is 0 Å². The summed E-state index contributed by atoms with van der Waals surface area (Å²) in [4.78, 5) is 15.4. The average molecular weight is 515 g/mol. The van der Waals surface area contributed by atoms with Gasteiger partial charge in [-0.1, -0.05) is 55.5 Å². The van der Waals surface area contributed by atoms with E-state index in [1.807, 2.05) is 26.0 Å². The number of phenols is 1. The van der Waals surface area contributed by atoms with Crippen LogP contribution in [0.2, 0.25) is 0 Å². The second-order valence-electron chi connectivity index (χ2n) is 11.0. The fraction of sp³-hybridized carbons (Fsp3) is 0.424. The van der Waals surface area contributed by atoms with Gasteiger partial charge >= 0.3 is 0 Å². The van der Waals surface area contributed by atoms with E-state index in [1.54, 1.807) is 6.07 Å². The Morgan fingerprint density at radius 1 is 1.03 bits per heavy atom. The minimum atomic E-state index is 0.0389. The van der Waals surface area contributed by atoms with E-state index in [0.29, 0.717) is 12.8 Å². The van der Waals surface area contributed by atoms with Crippen LogP contribution in [-0.4, -0.2) is 48.7 Å². The first-order chi connectivity index (χ1) is 18.3. The molecule has 4 rings (SSSR count). The second kappa shape index (κ2) is 13.0. The Kier molecular flexibility index (Phi) is 9.46. The van der Waals surface area contributed by atoms with E-state index in [-0.39, 0.29) is 23.6 Å². The van der Waals surface area contributed by atoms with Crippen molar-refractivity contribution in [2.45, 2.75) is 58.9 Å². The van der Waals surface area contributed by atoms with Crippen LogP contribution in [0.25, 0.3) is 0 Å². The highest BCUT2D eigenvalue weighted by molar-refractivity contribution is 5.76. The van der Waals surface area contributed by atoms with Gasteiger partial charge in [-0.3, -0.25) is 4.79 Å². The molecule has 2 atom stereocenters. The molecule has 5 heteroatoms. The summed E-state index contributed by atoms with van der Waals surface area (Å²) in [7, 11) is 2.17. The summed E-state index contributed by atoms with van der Waals surface area (Å²) in [5.74, 6) is 1.66. The van der Waals surface area contributed by atoms with Crippen LogP contribution in [0.5, 0.6) is 11.5 Å². The summed E-state index contributed by atoms with van der Waals surface area (Å²) in [6.07, 6.45) is 3.82. The quantitative estimate of drug-likeness (QED) is 0.339. The lowest BCUT2D eigenvalue weighted by atomic mass is 9.93. The zero-order valence-corrected chi connectivity index (χ0v) is 23.3. The van der Waals surface area contributed by atoms with Crippen LogP contribution in [0.4, 0.5) is 0 Å². The van der Waals surface area contributed by atoms with Gasteiger partial charge in [0, 0.05) is 32.0 Å². The first-order valence-corrected chi connectivity index (χ1v) is 13.8. The van der Waals surface area contributed by atoms with Crippen LogP contribution in [0.1, 0.15) is 46.7 Å². The fourth-order valence-corrected chi connectivity index (χ4v) is 5.37. The number of rotatable bonds is 12. The van der Waals surface area contributed by atoms with E-state index in [2.05, 4.69) is 66.7 Å². The maximum atomic E-state index is 13.1. The second-order valence-corrected chi connectivity index (χ2v) is 11.0. The normalized spacial score (nSPS) is 14.1. The zero-order chi connectivity index (χ0) is 27.1. The number of hydrogen-bond donors (Lipinski definition) is 2. The Morgan fingerprint density at radius 2 is 1.82 bits per heavy atom. The first kappa shape index (κ1) is 27.7. The third-order valence-corrected chi connectivity index (χ3v) is 7.74. The Bertz CT molecular complexity index is 1220. The smallest absolute Gasteiger partial charge is 0.220 e. The minimum absolute atomic E-state index is 0.0389. The van der Waals surface area contributed by atoms with Gasteiger partial charge in [0.2, 0.25) is 5.91 Å². The maximum Gasteiger partial charge on any atom is 0.220 e. The van der Waals surface area contributed by atoms with Gasteiger partial charge in [0.05, 0.1) is 6.61 Å². The highest BCUT2D eigenvalue weighted by Gasteiger charge is 2.22. The molecule has 1 heterocycles. The van der Waals surface area contributed by atoms with Crippen molar-refractivity contribution in [2.75, 3.05) is 26.7 Å². The molecule has 0 aliphatic carbocycles. The SMILES string of the molecule is Cc1cc(C)c(CCC(=O)N[C@@H](Cc2ccccc2)C(C)CN(C)CCc2ccc3c(c2)CCO3)cc1O. The largest absolute Gasteiger partial charge is 0.508 e. The van der Waals surface area contributed by atoms with Gasteiger partial charge in [0.25, 0.3) is 0 Å². The van der Waals surface area contributed by atoms with Crippen LogP contribution in [0, 0.1) is 19.8 Å².